The summed E-state index contributed by atoms with van der Waals surface area (Å²) in [6, 6.07) is 12.7. The van der Waals surface area contributed by atoms with Crippen molar-refractivity contribution in [2.75, 3.05) is 14.2 Å². The first kappa shape index (κ1) is 13.7. The number of benzene rings is 2. The molecule has 0 heterocycles. The van der Waals surface area contributed by atoms with Crippen LogP contribution >= 0.6 is 11.6 Å². The zero-order chi connectivity index (χ0) is 13.8. The van der Waals surface area contributed by atoms with Crippen LogP contribution in [0, 0.1) is 0 Å². The first-order chi connectivity index (χ1) is 9.15. The van der Waals surface area contributed by atoms with Gasteiger partial charge in [0.05, 0.1) is 20.3 Å². The lowest BCUT2D eigenvalue weighted by atomic mass is 9.98. The first-order valence-electron chi connectivity index (χ1n) is 5.88. The minimum absolute atomic E-state index is 0.316. The molecule has 4 heteroatoms. The van der Waals surface area contributed by atoms with Crippen molar-refractivity contribution in [3.63, 3.8) is 0 Å². The lowest BCUT2D eigenvalue weighted by molar-refractivity contribution is 0.397. The van der Waals surface area contributed by atoms with E-state index in [2.05, 4.69) is 0 Å². The molecule has 0 aliphatic rings. The molecule has 0 aliphatic carbocycles. The van der Waals surface area contributed by atoms with Crippen LogP contribution < -0.4 is 15.2 Å². The topological polar surface area (TPSA) is 44.5 Å². The highest BCUT2D eigenvalue weighted by molar-refractivity contribution is 6.30. The quantitative estimate of drug-likeness (QED) is 0.931. The maximum Gasteiger partial charge on any atom is 0.124 e. The second kappa shape index (κ2) is 5.95. The van der Waals surface area contributed by atoms with Crippen LogP contribution in [0.25, 0.3) is 0 Å². The summed E-state index contributed by atoms with van der Waals surface area (Å²) in [5.74, 6) is 1.47. The van der Waals surface area contributed by atoms with Crippen molar-refractivity contribution in [2.24, 2.45) is 5.73 Å². The van der Waals surface area contributed by atoms with Gasteiger partial charge in [-0.3, -0.25) is 0 Å². The second-order valence-corrected chi connectivity index (χ2v) is 4.58. The van der Waals surface area contributed by atoms with Gasteiger partial charge in [0.15, 0.2) is 0 Å². The predicted octanol–water partition coefficient (Wildman–Crippen LogP) is 3.41. The van der Waals surface area contributed by atoms with Crippen molar-refractivity contribution in [1.82, 2.24) is 0 Å². The van der Waals surface area contributed by atoms with Crippen LogP contribution in [0.4, 0.5) is 0 Å². The lowest BCUT2D eigenvalue weighted by Gasteiger charge is -2.17. The summed E-state index contributed by atoms with van der Waals surface area (Å²) in [5.41, 5.74) is 8.09. The van der Waals surface area contributed by atoms with Gasteiger partial charge in [0.25, 0.3) is 0 Å². The molecule has 0 amide bonds. The van der Waals surface area contributed by atoms with E-state index < -0.39 is 0 Å². The molecule has 1 atom stereocenters. The summed E-state index contributed by atoms with van der Waals surface area (Å²) in [4.78, 5) is 0. The third-order valence-corrected chi connectivity index (χ3v) is 3.21. The van der Waals surface area contributed by atoms with Crippen LogP contribution in [0.15, 0.2) is 42.5 Å². The van der Waals surface area contributed by atoms with E-state index in [1.165, 1.54) is 0 Å². The lowest BCUT2D eigenvalue weighted by Crippen LogP contribution is -2.13. The van der Waals surface area contributed by atoms with E-state index in [9.17, 15) is 0 Å². The minimum atomic E-state index is -0.316. The van der Waals surface area contributed by atoms with Gasteiger partial charge in [-0.25, -0.2) is 0 Å². The van der Waals surface area contributed by atoms with Crippen LogP contribution in [0.3, 0.4) is 0 Å². The minimum Gasteiger partial charge on any atom is -0.497 e. The second-order valence-electron chi connectivity index (χ2n) is 4.14. The van der Waals surface area contributed by atoms with Crippen LogP contribution in [0.1, 0.15) is 17.2 Å². The Kier molecular flexibility index (Phi) is 4.30. The number of ether oxygens (including phenoxy) is 2. The fourth-order valence-electron chi connectivity index (χ4n) is 1.96. The Bertz CT molecular complexity index is 572. The van der Waals surface area contributed by atoms with E-state index in [1.807, 2.05) is 42.5 Å². The summed E-state index contributed by atoms with van der Waals surface area (Å²) in [7, 11) is 3.24. The van der Waals surface area contributed by atoms with Gasteiger partial charge in [-0.05, 0) is 35.9 Å². The molecule has 2 rings (SSSR count). The summed E-state index contributed by atoms with van der Waals surface area (Å²) < 4.78 is 10.6. The monoisotopic (exact) mass is 277 g/mol. The maximum absolute atomic E-state index is 6.29. The molecule has 100 valence electrons. The molecule has 0 aliphatic heterocycles. The van der Waals surface area contributed by atoms with Gasteiger partial charge in [-0.1, -0.05) is 23.7 Å². The molecule has 2 N–H and O–H groups in total. The Morgan fingerprint density at radius 2 is 1.84 bits per heavy atom. The average molecular weight is 278 g/mol. The highest BCUT2D eigenvalue weighted by Gasteiger charge is 2.15. The number of hydrogen-bond acceptors (Lipinski definition) is 3. The smallest absolute Gasteiger partial charge is 0.124 e. The van der Waals surface area contributed by atoms with E-state index in [-0.39, 0.29) is 6.04 Å². The molecule has 2 aromatic rings. The van der Waals surface area contributed by atoms with Crippen molar-refractivity contribution >= 4 is 11.6 Å². The molecule has 1 unspecified atom stereocenters. The highest BCUT2D eigenvalue weighted by Crippen LogP contribution is 2.32. The van der Waals surface area contributed by atoms with Gasteiger partial charge in [0.1, 0.15) is 11.5 Å². The van der Waals surface area contributed by atoms with Crippen molar-refractivity contribution in [2.45, 2.75) is 6.04 Å². The van der Waals surface area contributed by atoms with E-state index in [4.69, 9.17) is 26.8 Å². The first-order valence-corrected chi connectivity index (χ1v) is 6.26. The van der Waals surface area contributed by atoms with Gasteiger partial charge in [-0.2, -0.15) is 0 Å². The molecule has 0 bridgehead atoms. The molecular weight excluding hydrogens is 262 g/mol. The fourth-order valence-corrected chi connectivity index (χ4v) is 2.16. The molecule has 0 radical (unpaired) electrons. The Morgan fingerprint density at radius 1 is 1.05 bits per heavy atom. The molecule has 0 spiro atoms. The summed E-state index contributed by atoms with van der Waals surface area (Å²) in [6.07, 6.45) is 0. The van der Waals surface area contributed by atoms with Gasteiger partial charge in [0, 0.05) is 10.6 Å². The Hall–Kier alpha value is -1.71. The van der Waals surface area contributed by atoms with Crippen LogP contribution in [-0.2, 0) is 0 Å². The third kappa shape index (κ3) is 3.00. The van der Waals surface area contributed by atoms with Gasteiger partial charge < -0.3 is 15.2 Å². The number of halogens is 1. The molecule has 0 fully saturated rings. The SMILES string of the molecule is COc1ccc(OC)c(C(N)c2cccc(Cl)c2)c1. The van der Waals surface area contributed by atoms with Crippen LogP contribution in [0.5, 0.6) is 11.5 Å². The molecule has 3 nitrogen and oxygen atoms in total. The van der Waals surface area contributed by atoms with Gasteiger partial charge in [0.2, 0.25) is 0 Å². The van der Waals surface area contributed by atoms with Crippen molar-refractivity contribution in [1.29, 1.82) is 0 Å². The maximum atomic E-state index is 6.29. The van der Waals surface area contributed by atoms with Crippen LogP contribution in [0.2, 0.25) is 5.02 Å². The molecule has 0 saturated carbocycles. The standard InChI is InChI=1S/C15H16ClNO2/c1-18-12-6-7-14(19-2)13(9-12)15(17)10-4-3-5-11(16)8-10/h3-9,15H,17H2,1-2H3. The highest BCUT2D eigenvalue weighted by atomic mass is 35.5. The number of hydrogen-bond donors (Lipinski definition) is 1. The van der Waals surface area contributed by atoms with Crippen molar-refractivity contribution < 1.29 is 9.47 Å². The average Bonchev–Trinajstić information content (AvgIpc) is 2.45. The van der Waals surface area contributed by atoms with E-state index in [1.54, 1.807) is 14.2 Å². The Labute approximate surface area is 117 Å². The van der Waals surface area contributed by atoms with Crippen molar-refractivity contribution in [3.05, 3.63) is 58.6 Å². The van der Waals surface area contributed by atoms with E-state index in [0.29, 0.717) is 5.02 Å². The Morgan fingerprint density at radius 3 is 2.47 bits per heavy atom. The zero-order valence-electron chi connectivity index (χ0n) is 10.9. The zero-order valence-corrected chi connectivity index (χ0v) is 11.6. The van der Waals surface area contributed by atoms with Gasteiger partial charge >= 0.3 is 0 Å². The fraction of sp³-hybridized carbons (Fsp3) is 0.200. The molecule has 0 saturated heterocycles. The van der Waals surface area contributed by atoms with Crippen LogP contribution in [-0.4, -0.2) is 14.2 Å². The largest absolute Gasteiger partial charge is 0.497 e. The van der Waals surface area contributed by atoms with Gasteiger partial charge in [-0.15, -0.1) is 0 Å². The third-order valence-electron chi connectivity index (χ3n) is 2.98. The molecule has 0 aromatic heterocycles. The van der Waals surface area contributed by atoms with E-state index in [0.717, 1.165) is 22.6 Å². The molecule has 2 aromatic carbocycles. The normalized spacial score (nSPS) is 12.0. The Balaban J connectivity index is 2.44. The van der Waals surface area contributed by atoms with E-state index >= 15 is 0 Å². The summed E-state index contributed by atoms with van der Waals surface area (Å²) in [6.45, 7) is 0. The number of methoxy groups -OCH3 is 2. The van der Waals surface area contributed by atoms with Crippen molar-refractivity contribution in [3.8, 4) is 11.5 Å². The summed E-state index contributed by atoms with van der Waals surface area (Å²) in [5, 5.41) is 0.662. The summed E-state index contributed by atoms with van der Waals surface area (Å²) >= 11 is 6.00. The molecular formula is C15H16ClNO2. The number of nitrogens with two attached hydrogens (primary N) is 1. The number of rotatable bonds is 4. The predicted molar refractivity (Wildman–Crippen MR) is 77.0 cm³/mol. The molecule has 19 heavy (non-hydrogen) atoms.